The number of nitrogens with zero attached hydrogens (tertiary/aromatic N) is 3. The Kier molecular flexibility index (Phi) is 5.94. The molecule has 2 aromatic carbocycles. The second kappa shape index (κ2) is 8.66. The lowest BCUT2D eigenvalue weighted by molar-refractivity contribution is -0.141. The molecule has 2 aromatic heterocycles. The summed E-state index contributed by atoms with van der Waals surface area (Å²) < 4.78 is 85.4. The van der Waals surface area contributed by atoms with Gasteiger partial charge in [0.05, 0.1) is 17.6 Å². The Bertz CT molecular complexity index is 1560. The summed E-state index contributed by atoms with van der Waals surface area (Å²) in [4.78, 5) is 28.6. The van der Waals surface area contributed by atoms with Gasteiger partial charge in [-0.15, -0.1) is 0 Å². The molecule has 0 atom stereocenters. The van der Waals surface area contributed by atoms with Gasteiger partial charge >= 0.3 is 6.18 Å². The zero-order valence-corrected chi connectivity index (χ0v) is 18.3. The summed E-state index contributed by atoms with van der Waals surface area (Å²) in [6, 6.07) is 5.85. The standard InChI is InChI=1S/C23H15F6N5O2/c1-9-15(20(23(27,28)29)33-34(9)8-10-5-6-11(24)7-13(10)26)17-18(21(30)35)16-12(25)3-2-4-14(16)32-19(17)22(31)36/h2-7H,8H2,1H3,(H2,30,35)(H2,31,36). The molecule has 186 valence electrons. The van der Waals surface area contributed by atoms with E-state index in [2.05, 4.69) is 10.1 Å². The van der Waals surface area contributed by atoms with E-state index in [9.17, 15) is 35.9 Å². The van der Waals surface area contributed by atoms with E-state index in [0.717, 1.165) is 29.8 Å². The predicted octanol–water partition coefficient (Wildman–Crippen LogP) is 4.09. The van der Waals surface area contributed by atoms with E-state index < -0.39 is 75.5 Å². The van der Waals surface area contributed by atoms with Gasteiger partial charge in [0.1, 0.15) is 23.1 Å². The van der Waals surface area contributed by atoms with Crippen LogP contribution in [0, 0.1) is 24.4 Å². The number of hydrogen-bond acceptors (Lipinski definition) is 4. The molecule has 0 saturated heterocycles. The monoisotopic (exact) mass is 507 g/mol. The van der Waals surface area contributed by atoms with Gasteiger partial charge < -0.3 is 11.5 Å². The van der Waals surface area contributed by atoms with Crippen LogP contribution in [0.3, 0.4) is 0 Å². The van der Waals surface area contributed by atoms with Crippen LogP contribution in [0.5, 0.6) is 0 Å². The molecule has 0 aliphatic heterocycles. The first-order valence-electron chi connectivity index (χ1n) is 10.1. The van der Waals surface area contributed by atoms with Gasteiger partial charge in [-0.1, -0.05) is 12.1 Å². The number of halogens is 6. The minimum Gasteiger partial charge on any atom is -0.366 e. The van der Waals surface area contributed by atoms with Crippen molar-refractivity contribution in [2.45, 2.75) is 19.6 Å². The highest BCUT2D eigenvalue weighted by atomic mass is 19.4. The molecule has 0 fully saturated rings. The van der Waals surface area contributed by atoms with Gasteiger partial charge in [0.15, 0.2) is 5.69 Å². The first-order valence-corrected chi connectivity index (χ1v) is 10.1. The Labute approximate surface area is 198 Å². The second-order valence-corrected chi connectivity index (χ2v) is 7.77. The molecule has 4 aromatic rings. The third-order valence-electron chi connectivity index (χ3n) is 5.50. The summed E-state index contributed by atoms with van der Waals surface area (Å²) in [6.07, 6.45) is -5.15. The molecular formula is C23H15F6N5O2. The highest BCUT2D eigenvalue weighted by molar-refractivity contribution is 6.15. The van der Waals surface area contributed by atoms with E-state index in [1.165, 1.54) is 12.1 Å². The van der Waals surface area contributed by atoms with E-state index in [0.29, 0.717) is 6.07 Å². The van der Waals surface area contributed by atoms with E-state index in [4.69, 9.17) is 11.5 Å². The Morgan fingerprint density at radius 3 is 2.25 bits per heavy atom. The van der Waals surface area contributed by atoms with Crippen LogP contribution in [0.25, 0.3) is 22.0 Å². The van der Waals surface area contributed by atoms with Gasteiger partial charge in [0.25, 0.3) is 5.91 Å². The molecule has 0 unspecified atom stereocenters. The van der Waals surface area contributed by atoms with Crippen LogP contribution in [0.1, 0.15) is 37.8 Å². The van der Waals surface area contributed by atoms with Gasteiger partial charge in [-0.2, -0.15) is 18.3 Å². The number of fused-ring (bicyclic) bond motifs is 1. The summed E-state index contributed by atoms with van der Waals surface area (Å²) in [5, 5.41) is 3.01. The molecule has 7 nitrogen and oxygen atoms in total. The molecule has 36 heavy (non-hydrogen) atoms. The molecular weight excluding hydrogens is 492 g/mol. The van der Waals surface area contributed by atoms with E-state index in [1.54, 1.807) is 0 Å². The average molecular weight is 507 g/mol. The summed E-state index contributed by atoms with van der Waals surface area (Å²) >= 11 is 0. The molecule has 0 spiro atoms. The van der Waals surface area contributed by atoms with E-state index in [-0.39, 0.29) is 16.8 Å². The van der Waals surface area contributed by atoms with Crippen molar-refractivity contribution in [3.63, 3.8) is 0 Å². The number of rotatable bonds is 5. The number of primary amides is 2. The number of hydrogen-bond donors (Lipinski definition) is 2. The molecule has 0 aliphatic rings. The van der Waals surface area contributed by atoms with Crippen molar-refractivity contribution in [1.29, 1.82) is 0 Å². The molecule has 0 saturated carbocycles. The highest BCUT2D eigenvalue weighted by Crippen LogP contribution is 2.42. The number of carbonyl (C=O) groups is 2. The largest absolute Gasteiger partial charge is 0.435 e. The Hall–Kier alpha value is -4.42. The van der Waals surface area contributed by atoms with Crippen molar-refractivity contribution in [2.75, 3.05) is 0 Å². The van der Waals surface area contributed by atoms with Gasteiger partial charge in [-0.25, -0.2) is 18.2 Å². The topological polar surface area (TPSA) is 117 Å². The summed E-state index contributed by atoms with van der Waals surface area (Å²) in [5.41, 5.74) is 5.41. The summed E-state index contributed by atoms with van der Waals surface area (Å²) in [7, 11) is 0. The quantitative estimate of drug-likeness (QED) is 0.396. The van der Waals surface area contributed by atoms with Crippen LogP contribution in [0.4, 0.5) is 26.3 Å². The number of nitrogens with two attached hydrogens (primary N) is 2. The lowest BCUT2D eigenvalue weighted by atomic mass is 9.91. The lowest BCUT2D eigenvalue weighted by Gasteiger charge is -2.16. The van der Waals surface area contributed by atoms with Gasteiger partial charge in [0, 0.05) is 33.8 Å². The van der Waals surface area contributed by atoms with Crippen LogP contribution >= 0.6 is 0 Å². The maximum Gasteiger partial charge on any atom is 0.435 e. The Morgan fingerprint density at radius 1 is 0.972 bits per heavy atom. The zero-order chi connectivity index (χ0) is 26.5. The number of carbonyl (C=O) groups excluding carboxylic acids is 2. The van der Waals surface area contributed by atoms with Gasteiger partial charge in [-0.05, 0) is 25.1 Å². The predicted molar refractivity (Wildman–Crippen MR) is 115 cm³/mol. The fourth-order valence-electron chi connectivity index (χ4n) is 3.95. The van der Waals surface area contributed by atoms with Gasteiger partial charge in [-0.3, -0.25) is 14.3 Å². The van der Waals surface area contributed by atoms with E-state index >= 15 is 0 Å². The number of amides is 2. The first kappa shape index (κ1) is 24.7. The zero-order valence-electron chi connectivity index (χ0n) is 18.3. The third-order valence-corrected chi connectivity index (χ3v) is 5.50. The summed E-state index contributed by atoms with van der Waals surface area (Å²) in [6.45, 7) is 0.578. The minimum atomic E-state index is -5.15. The number of pyridine rings is 1. The van der Waals surface area contributed by atoms with Crippen LogP contribution in [0.2, 0.25) is 0 Å². The maximum atomic E-state index is 14.8. The van der Waals surface area contributed by atoms with Crippen LogP contribution < -0.4 is 11.5 Å². The van der Waals surface area contributed by atoms with Crippen molar-refractivity contribution in [1.82, 2.24) is 14.8 Å². The molecule has 2 amide bonds. The average Bonchev–Trinajstić information content (AvgIpc) is 3.10. The first-order chi connectivity index (χ1) is 16.8. The van der Waals surface area contributed by atoms with E-state index in [1.807, 2.05) is 0 Å². The molecule has 4 rings (SSSR count). The number of alkyl halides is 3. The Morgan fingerprint density at radius 2 is 1.67 bits per heavy atom. The summed E-state index contributed by atoms with van der Waals surface area (Å²) in [5.74, 6) is -5.63. The van der Waals surface area contributed by atoms with Crippen LogP contribution in [-0.2, 0) is 12.7 Å². The Balaban J connectivity index is 2.12. The van der Waals surface area contributed by atoms with Crippen molar-refractivity contribution >= 4 is 22.7 Å². The fourth-order valence-corrected chi connectivity index (χ4v) is 3.95. The number of benzene rings is 2. The molecule has 13 heteroatoms. The van der Waals surface area contributed by atoms with Gasteiger partial charge in [0.2, 0.25) is 5.91 Å². The van der Waals surface area contributed by atoms with Crippen molar-refractivity contribution in [2.24, 2.45) is 11.5 Å². The SMILES string of the molecule is Cc1c(-c2c(C(N)=O)nc3cccc(F)c3c2C(N)=O)c(C(F)(F)F)nn1Cc1ccc(F)cc1F. The third kappa shape index (κ3) is 4.12. The fraction of sp³-hybridized carbons (Fsp3) is 0.130. The highest BCUT2D eigenvalue weighted by Gasteiger charge is 2.41. The van der Waals surface area contributed by atoms with Crippen molar-refractivity contribution in [3.05, 3.63) is 82.1 Å². The lowest BCUT2D eigenvalue weighted by Crippen LogP contribution is -2.22. The second-order valence-electron chi connectivity index (χ2n) is 7.77. The van der Waals surface area contributed by atoms with Crippen LogP contribution in [-0.4, -0.2) is 26.6 Å². The molecule has 0 aliphatic carbocycles. The van der Waals surface area contributed by atoms with Crippen molar-refractivity contribution in [3.8, 4) is 11.1 Å². The minimum absolute atomic E-state index is 0.199. The molecule has 0 bridgehead atoms. The van der Waals surface area contributed by atoms with Crippen LogP contribution in [0.15, 0.2) is 36.4 Å². The smallest absolute Gasteiger partial charge is 0.366 e. The number of aromatic nitrogens is 3. The molecule has 0 radical (unpaired) electrons. The molecule has 4 N–H and O–H groups in total. The maximum absolute atomic E-state index is 14.8. The molecule has 2 heterocycles. The normalized spacial score (nSPS) is 11.8. The van der Waals surface area contributed by atoms with Crippen molar-refractivity contribution < 1.29 is 35.9 Å².